The van der Waals surface area contributed by atoms with Crippen LogP contribution >= 0.6 is 11.6 Å². The molecule has 0 bridgehead atoms. The number of carbonyl (C=O) groups is 1. The number of nitrogens with one attached hydrogen (secondary N) is 1. The van der Waals surface area contributed by atoms with Crippen molar-refractivity contribution in [2.24, 2.45) is 5.10 Å². The second-order valence-corrected chi connectivity index (χ2v) is 7.47. The van der Waals surface area contributed by atoms with E-state index in [1.165, 1.54) is 10.8 Å². The second kappa shape index (κ2) is 10.5. The largest absolute Gasteiger partial charge is 0.489 e. The molecule has 0 saturated heterocycles. The zero-order chi connectivity index (χ0) is 22.2. The molecule has 0 heterocycles. The number of amides is 1. The standard InChI is InChI=1S/C26H21ClN2O3/c27-22-11-13-23(14-12-22)32-18-26(30)29-28-16-19-5-3-9-24(15-19)31-17-21-8-4-7-20-6-1-2-10-25(20)21/h1-16H,17-18H2,(H,29,30)/b28-16-. The summed E-state index contributed by atoms with van der Waals surface area (Å²) in [6, 6.07) is 28.7. The fourth-order valence-corrected chi connectivity index (χ4v) is 3.28. The lowest BCUT2D eigenvalue weighted by atomic mass is 10.1. The van der Waals surface area contributed by atoms with E-state index in [0.29, 0.717) is 17.4 Å². The summed E-state index contributed by atoms with van der Waals surface area (Å²) in [4.78, 5) is 11.9. The van der Waals surface area contributed by atoms with Crippen LogP contribution in [-0.2, 0) is 11.4 Å². The molecule has 0 unspecified atom stereocenters. The summed E-state index contributed by atoms with van der Waals surface area (Å²) in [6.07, 6.45) is 1.56. The van der Waals surface area contributed by atoms with Crippen LogP contribution in [0, 0.1) is 0 Å². The van der Waals surface area contributed by atoms with E-state index >= 15 is 0 Å². The number of halogens is 1. The van der Waals surface area contributed by atoms with Crippen LogP contribution in [0.1, 0.15) is 11.1 Å². The second-order valence-electron chi connectivity index (χ2n) is 7.04. The number of hydrogen-bond acceptors (Lipinski definition) is 4. The first-order chi connectivity index (χ1) is 15.7. The fraction of sp³-hybridized carbons (Fsp3) is 0.0769. The predicted octanol–water partition coefficient (Wildman–Crippen LogP) is 5.60. The van der Waals surface area contributed by atoms with Crippen LogP contribution in [0.15, 0.2) is 96.1 Å². The minimum Gasteiger partial charge on any atom is -0.489 e. The summed E-state index contributed by atoms with van der Waals surface area (Å²) in [5, 5.41) is 6.96. The molecule has 0 aliphatic carbocycles. The van der Waals surface area contributed by atoms with Crippen molar-refractivity contribution in [2.45, 2.75) is 6.61 Å². The Bertz CT molecular complexity index is 1230. The van der Waals surface area contributed by atoms with Crippen molar-refractivity contribution < 1.29 is 14.3 Å². The maximum absolute atomic E-state index is 11.9. The molecule has 32 heavy (non-hydrogen) atoms. The van der Waals surface area contributed by atoms with Crippen LogP contribution in [0.4, 0.5) is 0 Å². The number of hydrogen-bond donors (Lipinski definition) is 1. The van der Waals surface area contributed by atoms with Crippen LogP contribution in [0.5, 0.6) is 11.5 Å². The first-order valence-corrected chi connectivity index (χ1v) is 10.4. The van der Waals surface area contributed by atoms with Gasteiger partial charge < -0.3 is 9.47 Å². The Labute approximate surface area is 191 Å². The van der Waals surface area contributed by atoms with Crippen LogP contribution < -0.4 is 14.9 Å². The lowest BCUT2D eigenvalue weighted by Crippen LogP contribution is -2.24. The van der Waals surface area contributed by atoms with Gasteiger partial charge in [0.2, 0.25) is 0 Å². The molecule has 5 nitrogen and oxygen atoms in total. The van der Waals surface area contributed by atoms with Gasteiger partial charge in [0.05, 0.1) is 6.21 Å². The quantitative estimate of drug-likeness (QED) is 0.284. The van der Waals surface area contributed by atoms with Crippen LogP contribution in [0.3, 0.4) is 0 Å². The van der Waals surface area contributed by atoms with Gasteiger partial charge in [-0.3, -0.25) is 4.79 Å². The van der Waals surface area contributed by atoms with E-state index in [1.54, 1.807) is 30.5 Å². The summed E-state index contributed by atoms with van der Waals surface area (Å²) in [7, 11) is 0. The predicted molar refractivity (Wildman–Crippen MR) is 127 cm³/mol. The highest BCUT2D eigenvalue weighted by atomic mass is 35.5. The van der Waals surface area contributed by atoms with Gasteiger partial charge in [-0.1, -0.05) is 66.2 Å². The zero-order valence-corrected chi connectivity index (χ0v) is 18.0. The Balaban J connectivity index is 1.30. The Morgan fingerprint density at radius 2 is 1.66 bits per heavy atom. The van der Waals surface area contributed by atoms with Crippen molar-refractivity contribution in [2.75, 3.05) is 6.61 Å². The molecule has 0 atom stereocenters. The SMILES string of the molecule is O=C(COc1ccc(Cl)cc1)N/N=C\c1cccc(OCc2cccc3ccccc23)c1. The molecule has 0 aromatic heterocycles. The Morgan fingerprint density at radius 1 is 0.875 bits per heavy atom. The van der Waals surface area contributed by atoms with Gasteiger partial charge >= 0.3 is 0 Å². The Kier molecular flexibility index (Phi) is 7.00. The molecule has 1 amide bonds. The van der Waals surface area contributed by atoms with Crippen LogP contribution in [0.2, 0.25) is 5.02 Å². The van der Waals surface area contributed by atoms with Gasteiger partial charge in [-0.05, 0) is 58.3 Å². The molecule has 4 aromatic rings. The van der Waals surface area contributed by atoms with Crippen molar-refractivity contribution in [3.05, 3.63) is 107 Å². The first-order valence-electron chi connectivity index (χ1n) is 10.1. The molecule has 1 N–H and O–H groups in total. The lowest BCUT2D eigenvalue weighted by Gasteiger charge is -2.09. The highest BCUT2D eigenvalue weighted by Crippen LogP contribution is 2.21. The Morgan fingerprint density at radius 3 is 2.53 bits per heavy atom. The van der Waals surface area contributed by atoms with Crippen LogP contribution in [0.25, 0.3) is 10.8 Å². The normalized spacial score (nSPS) is 10.9. The molecular formula is C26H21ClN2O3. The van der Waals surface area contributed by atoms with E-state index in [-0.39, 0.29) is 12.5 Å². The van der Waals surface area contributed by atoms with E-state index in [1.807, 2.05) is 42.5 Å². The maximum Gasteiger partial charge on any atom is 0.277 e. The number of ether oxygens (including phenoxy) is 2. The summed E-state index contributed by atoms with van der Waals surface area (Å²) >= 11 is 5.82. The highest BCUT2D eigenvalue weighted by Gasteiger charge is 2.03. The average molecular weight is 445 g/mol. The van der Waals surface area contributed by atoms with Crippen molar-refractivity contribution in [3.8, 4) is 11.5 Å². The van der Waals surface area contributed by atoms with Gasteiger partial charge in [-0.25, -0.2) is 5.43 Å². The molecule has 0 aliphatic heterocycles. The van der Waals surface area contributed by atoms with Gasteiger partial charge in [0.15, 0.2) is 6.61 Å². The van der Waals surface area contributed by atoms with Gasteiger partial charge in [-0.2, -0.15) is 5.10 Å². The van der Waals surface area contributed by atoms with Gasteiger partial charge in [0.25, 0.3) is 5.91 Å². The molecule has 4 rings (SSSR count). The van der Waals surface area contributed by atoms with Gasteiger partial charge in [-0.15, -0.1) is 0 Å². The summed E-state index contributed by atoms with van der Waals surface area (Å²) in [6.45, 7) is 0.313. The summed E-state index contributed by atoms with van der Waals surface area (Å²) in [5.41, 5.74) is 4.37. The van der Waals surface area contributed by atoms with E-state index < -0.39 is 0 Å². The molecule has 0 aliphatic rings. The first kappa shape index (κ1) is 21.4. The van der Waals surface area contributed by atoms with Crippen molar-refractivity contribution >= 4 is 34.5 Å². The van der Waals surface area contributed by atoms with Gasteiger partial charge in [0, 0.05) is 5.02 Å². The number of fused-ring (bicyclic) bond motifs is 1. The molecule has 160 valence electrons. The molecule has 0 radical (unpaired) electrons. The molecule has 4 aromatic carbocycles. The summed E-state index contributed by atoms with van der Waals surface area (Å²) in [5.74, 6) is 0.920. The van der Waals surface area contributed by atoms with E-state index in [0.717, 1.165) is 16.9 Å². The van der Waals surface area contributed by atoms with Crippen molar-refractivity contribution in [3.63, 3.8) is 0 Å². The molecule has 6 heteroatoms. The molecule has 0 spiro atoms. The van der Waals surface area contributed by atoms with E-state index in [9.17, 15) is 4.79 Å². The monoisotopic (exact) mass is 444 g/mol. The lowest BCUT2D eigenvalue weighted by molar-refractivity contribution is -0.123. The third kappa shape index (κ3) is 5.86. The average Bonchev–Trinajstić information content (AvgIpc) is 2.83. The van der Waals surface area contributed by atoms with Crippen molar-refractivity contribution in [1.29, 1.82) is 0 Å². The van der Waals surface area contributed by atoms with E-state index in [2.05, 4.69) is 34.8 Å². The molecular weight excluding hydrogens is 424 g/mol. The number of hydrazone groups is 1. The van der Waals surface area contributed by atoms with Gasteiger partial charge in [0.1, 0.15) is 18.1 Å². The number of benzene rings is 4. The fourth-order valence-electron chi connectivity index (χ4n) is 3.15. The Hall–Kier alpha value is -3.83. The highest BCUT2D eigenvalue weighted by molar-refractivity contribution is 6.30. The summed E-state index contributed by atoms with van der Waals surface area (Å²) < 4.78 is 11.4. The maximum atomic E-state index is 11.9. The third-order valence-corrected chi connectivity index (χ3v) is 4.97. The number of carbonyl (C=O) groups excluding carboxylic acids is 1. The topological polar surface area (TPSA) is 59.9 Å². The number of nitrogens with zero attached hydrogens (tertiary/aromatic N) is 1. The van der Waals surface area contributed by atoms with Crippen LogP contribution in [-0.4, -0.2) is 18.7 Å². The minimum absolute atomic E-state index is 0.146. The smallest absolute Gasteiger partial charge is 0.277 e. The zero-order valence-electron chi connectivity index (χ0n) is 17.2. The van der Waals surface area contributed by atoms with E-state index in [4.69, 9.17) is 21.1 Å². The molecule has 0 fully saturated rings. The van der Waals surface area contributed by atoms with Crippen molar-refractivity contribution in [1.82, 2.24) is 5.43 Å². The number of rotatable bonds is 8. The minimum atomic E-state index is -0.362. The third-order valence-electron chi connectivity index (χ3n) is 4.72. The molecule has 0 saturated carbocycles.